The van der Waals surface area contributed by atoms with Crippen LogP contribution in [0.4, 0.5) is 17.6 Å². The van der Waals surface area contributed by atoms with Crippen LogP contribution in [0.15, 0.2) is 6.07 Å². The van der Waals surface area contributed by atoms with Crippen molar-refractivity contribution in [1.82, 2.24) is 9.97 Å². The third kappa shape index (κ3) is 3.77. The summed E-state index contributed by atoms with van der Waals surface area (Å²) >= 11 is 0. The van der Waals surface area contributed by atoms with Crippen LogP contribution in [-0.4, -0.2) is 29.6 Å². The minimum absolute atomic E-state index is 0.355. The topological polar surface area (TPSA) is 67.1 Å². The monoisotopic (exact) mass is 291 g/mol. The van der Waals surface area contributed by atoms with Gasteiger partial charge in [0, 0.05) is 25.7 Å². The number of hydrogen-bond donors (Lipinski definition) is 2. The molecule has 0 aliphatic carbocycles. The summed E-state index contributed by atoms with van der Waals surface area (Å²) in [5.41, 5.74) is 6.38. The van der Waals surface area contributed by atoms with Crippen molar-refractivity contribution in [1.29, 1.82) is 0 Å². The Morgan fingerprint density at radius 1 is 1.19 bits per heavy atom. The molecule has 1 fully saturated rings. The zero-order valence-corrected chi connectivity index (χ0v) is 13.7. The van der Waals surface area contributed by atoms with Gasteiger partial charge in [-0.2, -0.15) is 9.97 Å². The Labute approximate surface area is 128 Å². The lowest BCUT2D eigenvalue weighted by molar-refractivity contribution is 0.199. The molecule has 0 bridgehead atoms. The zero-order chi connectivity index (χ0) is 15.3. The van der Waals surface area contributed by atoms with Gasteiger partial charge in [-0.25, -0.2) is 0 Å². The second-order valence-corrected chi connectivity index (χ2v) is 6.09. The van der Waals surface area contributed by atoms with Crippen LogP contribution in [0.1, 0.15) is 52.9 Å². The van der Waals surface area contributed by atoms with Gasteiger partial charge in [0.15, 0.2) is 0 Å². The number of piperidine rings is 1. The van der Waals surface area contributed by atoms with Gasteiger partial charge in [-0.1, -0.05) is 33.6 Å². The number of anilines is 3. The number of hydrogen-bond acceptors (Lipinski definition) is 5. The van der Waals surface area contributed by atoms with Crippen molar-refractivity contribution >= 4 is 17.6 Å². The van der Waals surface area contributed by atoms with Gasteiger partial charge in [0.25, 0.3) is 0 Å². The van der Waals surface area contributed by atoms with Gasteiger partial charge < -0.3 is 16.0 Å². The highest BCUT2D eigenvalue weighted by molar-refractivity contribution is 5.52. The molecular weight excluding hydrogens is 262 g/mol. The first-order valence-electron chi connectivity index (χ1n) is 8.26. The van der Waals surface area contributed by atoms with Crippen molar-refractivity contribution < 1.29 is 0 Å². The Hall–Kier alpha value is -1.52. The van der Waals surface area contributed by atoms with E-state index in [9.17, 15) is 0 Å². The fourth-order valence-corrected chi connectivity index (χ4v) is 3.13. The highest BCUT2D eigenvalue weighted by Crippen LogP contribution is 2.39. The fraction of sp³-hybridized carbons (Fsp3) is 0.750. The molecule has 0 saturated carbocycles. The number of nitrogens with one attached hydrogen (secondary N) is 1. The standard InChI is InChI=1S/C16H29N5/c1-4-9-18-13-12-14(20-15(17)19-13)21-10-7-16(5-2,6-3)8-11-21/h12H,4-11H2,1-3H3,(H3,17,18,19,20). The number of nitrogens with zero attached hydrogens (tertiary/aromatic N) is 3. The highest BCUT2D eigenvalue weighted by atomic mass is 15.2. The normalized spacial score (nSPS) is 17.8. The zero-order valence-electron chi connectivity index (χ0n) is 13.7. The van der Waals surface area contributed by atoms with E-state index in [1.54, 1.807) is 0 Å². The number of nitrogens with two attached hydrogens (primary N) is 1. The lowest BCUT2D eigenvalue weighted by Gasteiger charge is -2.41. The molecule has 3 N–H and O–H groups in total. The fourth-order valence-electron chi connectivity index (χ4n) is 3.13. The molecule has 0 spiro atoms. The van der Waals surface area contributed by atoms with Crippen molar-refractivity contribution in [3.8, 4) is 0 Å². The van der Waals surface area contributed by atoms with Crippen molar-refractivity contribution in [2.24, 2.45) is 5.41 Å². The molecular formula is C16H29N5. The molecule has 0 amide bonds. The molecule has 5 heteroatoms. The maximum Gasteiger partial charge on any atom is 0.223 e. The highest BCUT2D eigenvalue weighted by Gasteiger charge is 2.31. The van der Waals surface area contributed by atoms with E-state index in [1.807, 2.05) is 6.07 Å². The van der Waals surface area contributed by atoms with E-state index in [0.717, 1.165) is 37.7 Å². The first kappa shape index (κ1) is 15.9. The number of aromatic nitrogens is 2. The lowest BCUT2D eigenvalue weighted by Crippen LogP contribution is -2.40. The van der Waals surface area contributed by atoms with Gasteiger partial charge in [0.2, 0.25) is 5.95 Å². The molecule has 1 saturated heterocycles. The van der Waals surface area contributed by atoms with E-state index in [2.05, 4.69) is 41.0 Å². The predicted octanol–water partition coefficient (Wildman–Crippen LogP) is 3.29. The quantitative estimate of drug-likeness (QED) is 0.842. The van der Waals surface area contributed by atoms with E-state index in [-0.39, 0.29) is 0 Å². The largest absolute Gasteiger partial charge is 0.370 e. The molecule has 1 aromatic heterocycles. The molecule has 0 unspecified atom stereocenters. The van der Waals surface area contributed by atoms with Gasteiger partial charge in [-0.15, -0.1) is 0 Å². The van der Waals surface area contributed by atoms with Crippen LogP contribution in [0.5, 0.6) is 0 Å². The third-order valence-corrected chi connectivity index (χ3v) is 4.93. The first-order valence-corrected chi connectivity index (χ1v) is 8.26. The van der Waals surface area contributed by atoms with Crippen LogP contribution >= 0.6 is 0 Å². The summed E-state index contributed by atoms with van der Waals surface area (Å²) in [6.45, 7) is 9.79. The Morgan fingerprint density at radius 3 is 2.43 bits per heavy atom. The molecule has 0 aromatic carbocycles. The molecule has 1 aliphatic heterocycles. The second kappa shape index (κ2) is 6.96. The van der Waals surface area contributed by atoms with Crippen LogP contribution in [-0.2, 0) is 0 Å². The smallest absolute Gasteiger partial charge is 0.223 e. The second-order valence-electron chi connectivity index (χ2n) is 6.09. The maximum absolute atomic E-state index is 5.85. The van der Waals surface area contributed by atoms with Crippen molar-refractivity contribution in [2.75, 3.05) is 35.6 Å². The number of nitrogen functional groups attached to an aromatic ring is 1. The summed E-state index contributed by atoms with van der Waals surface area (Å²) in [7, 11) is 0. The van der Waals surface area contributed by atoms with Crippen LogP contribution in [0.2, 0.25) is 0 Å². The van der Waals surface area contributed by atoms with Crippen molar-refractivity contribution in [3.05, 3.63) is 6.07 Å². The Kier molecular flexibility index (Phi) is 5.26. The minimum atomic E-state index is 0.355. The molecule has 118 valence electrons. The van der Waals surface area contributed by atoms with Crippen molar-refractivity contribution in [3.63, 3.8) is 0 Å². The Morgan fingerprint density at radius 2 is 1.86 bits per heavy atom. The molecule has 5 nitrogen and oxygen atoms in total. The van der Waals surface area contributed by atoms with E-state index < -0.39 is 0 Å². The van der Waals surface area contributed by atoms with E-state index in [4.69, 9.17) is 5.73 Å². The van der Waals surface area contributed by atoms with Crippen LogP contribution in [0.3, 0.4) is 0 Å². The first-order chi connectivity index (χ1) is 10.1. The van der Waals surface area contributed by atoms with Gasteiger partial charge in [-0.05, 0) is 24.7 Å². The molecule has 2 rings (SSSR count). The number of rotatable bonds is 6. The Bertz CT molecular complexity index is 446. The van der Waals surface area contributed by atoms with Gasteiger partial charge in [0.1, 0.15) is 11.6 Å². The average molecular weight is 291 g/mol. The third-order valence-electron chi connectivity index (χ3n) is 4.93. The SMILES string of the molecule is CCCNc1cc(N2CCC(CC)(CC)CC2)nc(N)n1. The Balaban J connectivity index is 2.07. The van der Waals surface area contributed by atoms with E-state index >= 15 is 0 Å². The molecule has 21 heavy (non-hydrogen) atoms. The molecule has 0 radical (unpaired) electrons. The average Bonchev–Trinajstić information content (AvgIpc) is 2.52. The van der Waals surface area contributed by atoms with Gasteiger partial charge in [-0.3, -0.25) is 0 Å². The lowest BCUT2D eigenvalue weighted by atomic mass is 9.74. The van der Waals surface area contributed by atoms with Crippen LogP contribution in [0.25, 0.3) is 0 Å². The van der Waals surface area contributed by atoms with Gasteiger partial charge in [0.05, 0.1) is 0 Å². The van der Waals surface area contributed by atoms with Crippen LogP contribution in [0, 0.1) is 5.41 Å². The van der Waals surface area contributed by atoms with E-state index in [1.165, 1.54) is 25.7 Å². The summed E-state index contributed by atoms with van der Waals surface area (Å²) in [6.07, 6.45) is 6.08. The van der Waals surface area contributed by atoms with Crippen molar-refractivity contribution in [2.45, 2.75) is 52.9 Å². The van der Waals surface area contributed by atoms with Gasteiger partial charge >= 0.3 is 0 Å². The predicted molar refractivity (Wildman–Crippen MR) is 89.7 cm³/mol. The molecule has 1 aliphatic rings. The summed E-state index contributed by atoms with van der Waals surface area (Å²) in [6, 6.07) is 2.02. The molecule has 1 aromatic rings. The maximum atomic E-state index is 5.85. The minimum Gasteiger partial charge on any atom is -0.370 e. The summed E-state index contributed by atoms with van der Waals surface area (Å²) < 4.78 is 0. The van der Waals surface area contributed by atoms with E-state index in [0.29, 0.717) is 11.4 Å². The van der Waals surface area contributed by atoms with Crippen LogP contribution < -0.4 is 16.0 Å². The summed E-state index contributed by atoms with van der Waals surface area (Å²) in [5.74, 6) is 2.15. The molecule has 0 atom stereocenters. The molecule has 2 heterocycles. The summed E-state index contributed by atoms with van der Waals surface area (Å²) in [4.78, 5) is 11.0. The summed E-state index contributed by atoms with van der Waals surface area (Å²) in [5, 5.41) is 3.30.